The van der Waals surface area contributed by atoms with Crippen molar-refractivity contribution in [3.63, 3.8) is 0 Å². The predicted molar refractivity (Wildman–Crippen MR) is 77.4 cm³/mol. The van der Waals surface area contributed by atoms with E-state index in [1.54, 1.807) is 0 Å². The molecular formula is C14H24ClN3O. The summed E-state index contributed by atoms with van der Waals surface area (Å²) in [7, 11) is 2.04. The Morgan fingerprint density at radius 3 is 2.63 bits per heavy atom. The fourth-order valence-electron chi connectivity index (χ4n) is 3.03. The molecule has 0 spiro atoms. The van der Waals surface area contributed by atoms with Crippen molar-refractivity contribution in [3.8, 4) is 0 Å². The Labute approximate surface area is 120 Å². The molecule has 1 heterocycles. The molecule has 4 nitrogen and oxygen atoms in total. The fraction of sp³-hybridized carbons (Fsp3) is 0.786. The minimum atomic E-state index is -0.507. The summed E-state index contributed by atoms with van der Waals surface area (Å²) in [5.74, 6) is 0. The molecule has 0 aliphatic heterocycles. The summed E-state index contributed by atoms with van der Waals surface area (Å²) >= 11 is 6.32. The number of hydrogen-bond donors (Lipinski definition) is 1. The maximum atomic E-state index is 10.4. The van der Waals surface area contributed by atoms with Gasteiger partial charge in [-0.25, -0.2) is 0 Å². The first kappa shape index (κ1) is 14.8. The number of aryl methyl sites for hydroxylation is 2. The molecule has 0 atom stereocenters. The molecule has 1 N–H and O–H groups in total. The Balaban J connectivity index is 2.04. The van der Waals surface area contributed by atoms with E-state index in [9.17, 15) is 5.11 Å². The molecule has 108 valence electrons. The average Bonchev–Trinajstić information content (AvgIpc) is 2.88. The first-order valence-electron chi connectivity index (χ1n) is 7.08. The number of aromatic nitrogens is 2. The normalized spacial score (nSPS) is 18.4. The number of aliphatic hydroxyl groups is 1. The maximum absolute atomic E-state index is 10.4. The molecule has 0 saturated heterocycles. The summed E-state index contributed by atoms with van der Waals surface area (Å²) < 4.78 is 1.95. The van der Waals surface area contributed by atoms with E-state index < -0.39 is 5.60 Å². The molecule has 0 radical (unpaired) electrons. The van der Waals surface area contributed by atoms with Crippen molar-refractivity contribution >= 4 is 11.6 Å². The van der Waals surface area contributed by atoms with Gasteiger partial charge < -0.3 is 5.11 Å². The fourth-order valence-corrected chi connectivity index (χ4v) is 3.22. The summed E-state index contributed by atoms with van der Waals surface area (Å²) in [5.41, 5.74) is 1.42. The maximum Gasteiger partial charge on any atom is 0.0860 e. The third kappa shape index (κ3) is 3.30. The monoisotopic (exact) mass is 285 g/mol. The lowest BCUT2D eigenvalue weighted by Crippen LogP contribution is -2.39. The molecule has 5 heteroatoms. The smallest absolute Gasteiger partial charge is 0.0860 e. The van der Waals surface area contributed by atoms with Crippen LogP contribution in [0.2, 0.25) is 5.02 Å². The van der Waals surface area contributed by atoms with Crippen LogP contribution in [0.15, 0.2) is 0 Å². The highest BCUT2D eigenvalue weighted by Crippen LogP contribution is 2.30. The summed E-state index contributed by atoms with van der Waals surface area (Å²) in [6, 6.07) is 0. The number of halogens is 1. The van der Waals surface area contributed by atoms with E-state index in [-0.39, 0.29) is 0 Å². The lowest BCUT2D eigenvalue weighted by atomic mass is 10.0. The first-order valence-corrected chi connectivity index (χ1v) is 7.45. The van der Waals surface area contributed by atoms with Gasteiger partial charge >= 0.3 is 0 Å². The van der Waals surface area contributed by atoms with Gasteiger partial charge in [-0.2, -0.15) is 5.10 Å². The number of rotatable bonds is 5. The zero-order valence-electron chi connectivity index (χ0n) is 12.1. The second-order valence-electron chi connectivity index (χ2n) is 5.77. The standard InChI is InChI=1S/C14H24ClN3O/c1-4-18-12(13(15)11(2)16-18)9-17(3)10-14(19)7-5-6-8-14/h19H,4-10H2,1-3H3. The van der Waals surface area contributed by atoms with Crippen LogP contribution in [-0.4, -0.2) is 39.0 Å². The minimum Gasteiger partial charge on any atom is -0.389 e. The lowest BCUT2D eigenvalue weighted by Gasteiger charge is -2.28. The van der Waals surface area contributed by atoms with E-state index in [0.29, 0.717) is 6.54 Å². The van der Waals surface area contributed by atoms with Crippen molar-refractivity contribution in [2.45, 2.75) is 58.2 Å². The van der Waals surface area contributed by atoms with Crippen LogP contribution in [0, 0.1) is 6.92 Å². The molecule has 2 rings (SSSR count). The van der Waals surface area contributed by atoms with Crippen molar-refractivity contribution < 1.29 is 5.11 Å². The highest BCUT2D eigenvalue weighted by atomic mass is 35.5. The topological polar surface area (TPSA) is 41.3 Å². The van der Waals surface area contributed by atoms with Gasteiger partial charge in [-0.05, 0) is 33.7 Å². The van der Waals surface area contributed by atoms with Gasteiger partial charge in [-0.1, -0.05) is 24.4 Å². The summed E-state index contributed by atoms with van der Waals surface area (Å²) in [4.78, 5) is 2.15. The van der Waals surface area contributed by atoms with Gasteiger partial charge in [-0.15, -0.1) is 0 Å². The molecule has 0 bridgehead atoms. The van der Waals surface area contributed by atoms with Gasteiger partial charge in [0.05, 0.1) is 22.0 Å². The number of hydrogen-bond acceptors (Lipinski definition) is 3. The van der Waals surface area contributed by atoms with Gasteiger partial charge in [0.15, 0.2) is 0 Å². The zero-order valence-corrected chi connectivity index (χ0v) is 12.9. The second kappa shape index (κ2) is 5.81. The van der Waals surface area contributed by atoms with E-state index in [1.807, 2.05) is 18.7 Å². The summed E-state index contributed by atoms with van der Waals surface area (Å²) in [6.07, 6.45) is 4.10. The van der Waals surface area contributed by atoms with Crippen LogP contribution in [0.3, 0.4) is 0 Å². The van der Waals surface area contributed by atoms with Crippen LogP contribution in [0.25, 0.3) is 0 Å². The average molecular weight is 286 g/mol. The van der Waals surface area contributed by atoms with Gasteiger partial charge in [0.2, 0.25) is 0 Å². The molecule has 1 aliphatic carbocycles. The Kier molecular flexibility index (Phi) is 4.54. The van der Waals surface area contributed by atoms with Crippen molar-refractivity contribution in [1.82, 2.24) is 14.7 Å². The molecule has 1 aromatic rings. The summed E-state index contributed by atoms with van der Waals surface area (Å²) in [5, 5.41) is 15.6. The van der Waals surface area contributed by atoms with E-state index in [4.69, 9.17) is 11.6 Å². The molecule has 1 aliphatic rings. The molecule has 0 unspecified atom stereocenters. The van der Waals surface area contributed by atoms with Crippen molar-refractivity contribution in [3.05, 3.63) is 16.4 Å². The molecule has 1 fully saturated rings. The largest absolute Gasteiger partial charge is 0.389 e. The Morgan fingerprint density at radius 2 is 2.05 bits per heavy atom. The van der Waals surface area contributed by atoms with E-state index >= 15 is 0 Å². The van der Waals surface area contributed by atoms with Crippen LogP contribution in [0.4, 0.5) is 0 Å². The second-order valence-corrected chi connectivity index (χ2v) is 6.14. The van der Waals surface area contributed by atoms with Crippen molar-refractivity contribution in [2.75, 3.05) is 13.6 Å². The van der Waals surface area contributed by atoms with Gasteiger partial charge in [0.1, 0.15) is 0 Å². The highest BCUT2D eigenvalue weighted by Gasteiger charge is 2.32. The van der Waals surface area contributed by atoms with E-state index in [1.165, 1.54) is 0 Å². The summed E-state index contributed by atoms with van der Waals surface area (Å²) in [6.45, 7) is 6.26. The first-order chi connectivity index (χ1) is 8.95. The lowest BCUT2D eigenvalue weighted by molar-refractivity contribution is 0.0140. The van der Waals surface area contributed by atoms with Gasteiger partial charge in [0, 0.05) is 19.6 Å². The quantitative estimate of drug-likeness (QED) is 0.904. The van der Waals surface area contributed by atoms with E-state index in [0.717, 1.165) is 55.2 Å². The van der Waals surface area contributed by atoms with Crippen LogP contribution in [0.5, 0.6) is 0 Å². The number of nitrogens with zero attached hydrogens (tertiary/aromatic N) is 3. The predicted octanol–water partition coefficient (Wildman–Crippen LogP) is 2.60. The van der Waals surface area contributed by atoms with Crippen molar-refractivity contribution in [2.24, 2.45) is 0 Å². The van der Waals surface area contributed by atoms with Crippen LogP contribution >= 0.6 is 11.6 Å². The third-order valence-electron chi connectivity index (χ3n) is 3.97. The Morgan fingerprint density at radius 1 is 1.42 bits per heavy atom. The Hall–Kier alpha value is -0.580. The van der Waals surface area contributed by atoms with E-state index in [2.05, 4.69) is 16.9 Å². The Bertz CT molecular complexity index is 438. The van der Waals surface area contributed by atoms with Crippen LogP contribution in [-0.2, 0) is 13.1 Å². The van der Waals surface area contributed by atoms with Crippen LogP contribution in [0.1, 0.15) is 44.0 Å². The molecule has 19 heavy (non-hydrogen) atoms. The van der Waals surface area contributed by atoms with Gasteiger partial charge in [-0.3, -0.25) is 9.58 Å². The molecule has 1 aromatic heterocycles. The molecule has 0 aromatic carbocycles. The van der Waals surface area contributed by atoms with Crippen LogP contribution < -0.4 is 0 Å². The third-order valence-corrected chi connectivity index (χ3v) is 4.46. The number of likely N-dealkylation sites (N-methyl/N-ethyl adjacent to an activating group) is 1. The zero-order chi connectivity index (χ0) is 14.0. The van der Waals surface area contributed by atoms with Gasteiger partial charge in [0.25, 0.3) is 0 Å². The van der Waals surface area contributed by atoms with Crippen molar-refractivity contribution in [1.29, 1.82) is 0 Å². The molecular weight excluding hydrogens is 262 g/mol. The molecule has 0 amide bonds. The molecule has 1 saturated carbocycles. The SMILES string of the molecule is CCn1nc(C)c(Cl)c1CN(C)CC1(O)CCCC1. The minimum absolute atomic E-state index is 0.507. The highest BCUT2D eigenvalue weighted by molar-refractivity contribution is 6.31.